The van der Waals surface area contributed by atoms with Crippen molar-refractivity contribution in [3.05, 3.63) is 30.1 Å². The minimum atomic E-state index is -3.98. The van der Waals surface area contributed by atoms with E-state index in [1.165, 1.54) is 4.90 Å². The summed E-state index contributed by atoms with van der Waals surface area (Å²) in [6, 6.07) is 4.36. The van der Waals surface area contributed by atoms with Crippen LogP contribution in [0.4, 0.5) is 8.78 Å². The number of benzene rings is 1. The van der Waals surface area contributed by atoms with E-state index in [1.54, 1.807) is 0 Å². The van der Waals surface area contributed by atoms with Gasteiger partial charge in [0.2, 0.25) is 15.7 Å². The largest absolute Gasteiger partial charge is 0.378 e. The van der Waals surface area contributed by atoms with Gasteiger partial charge in [-0.25, -0.2) is 17.2 Å². The third-order valence-corrected chi connectivity index (χ3v) is 6.40. The Bertz CT molecular complexity index is 735. The van der Waals surface area contributed by atoms with Crippen LogP contribution in [0.15, 0.2) is 29.2 Å². The van der Waals surface area contributed by atoms with E-state index in [9.17, 15) is 17.6 Å². The lowest BCUT2D eigenvalue weighted by Crippen LogP contribution is -2.58. The summed E-state index contributed by atoms with van der Waals surface area (Å²) in [7, 11) is -3.98. The fourth-order valence-electron chi connectivity index (χ4n) is 3.16. The number of piperidine rings is 1. The van der Waals surface area contributed by atoms with Crippen molar-refractivity contribution >= 4 is 15.9 Å². The zero-order valence-corrected chi connectivity index (χ0v) is 14.5. The Morgan fingerprint density at radius 1 is 1.12 bits per heavy atom. The van der Waals surface area contributed by atoms with Crippen molar-refractivity contribution in [2.45, 2.75) is 23.4 Å². The van der Waals surface area contributed by atoms with Crippen LogP contribution in [-0.4, -0.2) is 68.6 Å². The van der Waals surface area contributed by atoms with Gasteiger partial charge in [0, 0.05) is 19.6 Å². The number of hydrogen-bond donors (Lipinski definition) is 0. The summed E-state index contributed by atoms with van der Waals surface area (Å²) in [4.78, 5) is 13.8. The molecule has 9 heteroatoms. The van der Waals surface area contributed by atoms with Gasteiger partial charge >= 0.3 is 0 Å². The Hall–Kier alpha value is -1.58. The predicted molar refractivity (Wildman–Crippen MR) is 85.6 cm³/mol. The Morgan fingerprint density at radius 2 is 1.76 bits per heavy atom. The number of sulfonamides is 1. The van der Waals surface area contributed by atoms with Gasteiger partial charge in [-0.1, -0.05) is 0 Å². The molecule has 2 aliphatic rings. The number of carbonyl (C=O) groups is 1. The molecular weight excluding hydrogens is 354 g/mol. The van der Waals surface area contributed by atoms with Gasteiger partial charge in [-0.05, 0) is 37.1 Å². The van der Waals surface area contributed by atoms with Gasteiger partial charge in [0.25, 0.3) is 5.91 Å². The topological polar surface area (TPSA) is 66.9 Å². The molecule has 0 aromatic heterocycles. The van der Waals surface area contributed by atoms with Crippen LogP contribution < -0.4 is 0 Å². The van der Waals surface area contributed by atoms with Crippen LogP contribution in [0, 0.1) is 5.82 Å². The normalized spacial score (nSPS) is 25.8. The second-order valence-electron chi connectivity index (χ2n) is 6.27. The Balaban J connectivity index is 1.79. The van der Waals surface area contributed by atoms with Gasteiger partial charge in [0.15, 0.2) is 0 Å². The average Bonchev–Trinajstić information content (AvgIpc) is 2.62. The summed E-state index contributed by atoms with van der Waals surface area (Å²) in [6.45, 7) is 0.897. The molecule has 25 heavy (non-hydrogen) atoms. The fraction of sp³-hybridized carbons (Fsp3) is 0.562. The van der Waals surface area contributed by atoms with Crippen LogP contribution in [0.5, 0.6) is 0 Å². The van der Waals surface area contributed by atoms with Gasteiger partial charge in [-0.2, -0.15) is 4.31 Å². The smallest absolute Gasteiger partial charge is 0.261 e. The summed E-state index contributed by atoms with van der Waals surface area (Å²) < 4.78 is 59.8. The van der Waals surface area contributed by atoms with Gasteiger partial charge in [0.1, 0.15) is 5.82 Å². The van der Waals surface area contributed by atoms with E-state index in [-0.39, 0.29) is 24.3 Å². The molecule has 0 saturated carbocycles. The van der Waals surface area contributed by atoms with Crippen LogP contribution in [0.3, 0.4) is 0 Å². The highest BCUT2D eigenvalue weighted by atomic mass is 32.2. The van der Waals surface area contributed by atoms with E-state index < -0.39 is 34.0 Å². The molecule has 0 N–H and O–H groups in total. The molecule has 1 aromatic carbocycles. The number of amides is 1. The monoisotopic (exact) mass is 374 g/mol. The number of ether oxygens (including phenoxy) is 1. The second-order valence-corrected chi connectivity index (χ2v) is 8.20. The standard InChI is InChI=1S/C16H20F2N2O4S/c17-13-2-4-14(5-3-13)25(22,23)20-7-1-6-16(18,12-20)15(21)19-8-10-24-11-9-19/h2-5H,1,6-12H2. The van der Waals surface area contributed by atoms with E-state index >= 15 is 4.39 Å². The highest BCUT2D eigenvalue weighted by Gasteiger charge is 2.48. The number of hydrogen-bond acceptors (Lipinski definition) is 4. The van der Waals surface area contributed by atoms with E-state index in [2.05, 4.69) is 0 Å². The molecule has 6 nitrogen and oxygen atoms in total. The minimum absolute atomic E-state index is 0.0152. The molecule has 0 bridgehead atoms. The highest BCUT2D eigenvalue weighted by Crippen LogP contribution is 2.31. The molecule has 1 amide bonds. The SMILES string of the molecule is O=C(N1CCOCC1)C1(F)CCCN(S(=O)(=O)c2ccc(F)cc2)C1. The first kappa shape index (κ1) is 18.2. The molecule has 3 rings (SSSR count). The average molecular weight is 374 g/mol. The zero-order valence-electron chi connectivity index (χ0n) is 13.7. The minimum Gasteiger partial charge on any atom is -0.378 e. The Kier molecular flexibility index (Phi) is 5.08. The second kappa shape index (κ2) is 6.97. The van der Waals surface area contributed by atoms with Crippen LogP contribution >= 0.6 is 0 Å². The van der Waals surface area contributed by atoms with E-state index in [0.29, 0.717) is 26.3 Å². The number of rotatable bonds is 3. The third kappa shape index (κ3) is 3.68. The molecule has 138 valence electrons. The molecule has 2 heterocycles. The van der Waals surface area contributed by atoms with Crippen molar-refractivity contribution in [2.24, 2.45) is 0 Å². The summed E-state index contributed by atoms with van der Waals surface area (Å²) >= 11 is 0. The molecular formula is C16H20F2N2O4S. The van der Waals surface area contributed by atoms with Gasteiger partial charge in [-0.3, -0.25) is 4.79 Å². The lowest BCUT2D eigenvalue weighted by molar-refractivity contribution is -0.150. The number of halogens is 2. The molecule has 1 atom stereocenters. The summed E-state index contributed by atoms with van der Waals surface area (Å²) in [5.41, 5.74) is -2.25. The first-order valence-corrected chi connectivity index (χ1v) is 9.59. The molecule has 0 aliphatic carbocycles. The summed E-state index contributed by atoms with van der Waals surface area (Å²) in [6.07, 6.45) is 0.228. The zero-order chi connectivity index (χ0) is 18.1. The maximum absolute atomic E-state index is 15.3. The number of nitrogens with zero attached hydrogens (tertiary/aromatic N) is 2. The van der Waals surface area contributed by atoms with Gasteiger partial charge in [-0.15, -0.1) is 0 Å². The lowest BCUT2D eigenvalue weighted by Gasteiger charge is -2.39. The van der Waals surface area contributed by atoms with Crippen molar-refractivity contribution < 1.29 is 26.7 Å². The molecule has 2 aliphatic heterocycles. The summed E-state index contributed by atoms with van der Waals surface area (Å²) in [5, 5.41) is 0. The number of alkyl halides is 1. The van der Waals surface area contributed by atoms with Crippen molar-refractivity contribution in [3.8, 4) is 0 Å². The molecule has 2 fully saturated rings. The van der Waals surface area contributed by atoms with Gasteiger partial charge < -0.3 is 9.64 Å². The van der Waals surface area contributed by atoms with E-state index in [0.717, 1.165) is 28.6 Å². The van der Waals surface area contributed by atoms with Crippen LogP contribution in [0.25, 0.3) is 0 Å². The molecule has 1 aromatic rings. The van der Waals surface area contributed by atoms with E-state index in [4.69, 9.17) is 4.74 Å². The Labute approximate surface area is 145 Å². The van der Waals surface area contributed by atoms with Crippen molar-refractivity contribution in [1.29, 1.82) is 0 Å². The number of carbonyl (C=O) groups excluding carboxylic acids is 1. The first-order chi connectivity index (χ1) is 11.8. The molecule has 2 saturated heterocycles. The van der Waals surface area contributed by atoms with Crippen LogP contribution in [-0.2, 0) is 19.6 Å². The third-order valence-electron chi connectivity index (χ3n) is 4.54. The quantitative estimate of drug-likeness (QED) is 0.797. The molecule has 1 unspecified atom stereocenters. The number of morpholine rings is 1. The maximum Gasteiger partial charge on any atom is 0.261 e. The van der Waals surface area contributed by atoms with Crippen molar-refractivity contribution in [1.82, 2.24) is 9.21 Å². The fourth-order valence-corrected chi connectivity index (χ4v) is 4.68. The lowest BCUT2D eigenvalue weighted by atomic mass is 9.94. The Morgan fingerprint density at radius 3 is 2.40 bits per heavy atom. The maximum atomic E-state index is 15.3. The predicted octanol–water partition coefficient (Wildman–Crippen LogP) is 1.18. The first-order valence-electron chi connectivity index (χ1n) is 8.15. The highest BCUT2D eigenvalue weighted by molar-refractivity contribution is 7.89. The molecule has 0 spiro atoms. The van der Waals surface area contributed by atoms with E-state index in [1.807, 2.05) is 0 Å². The molecule has 0 radical (unpaired) electrons. The van der Waals surface area contributed by atoms with Crippen molar-refractivity contribution in [3.63, 3.8) is 0 Å². The van der Waals surface area contributed by atoms with Gasteiger partial charge in [0.05, 0.1) is 24.7 Å². The summed E-state index contributed by atoms with van der Waals surface area (Å²) in [5.74, 6) is -1.24. The van der Waals surface area contributed by atoms with Crippen LogP contribution in [0.2, 0.25) is 0 Å². The van der Waals surface area contributed by atoms with Crippen molar-refractivity contribution in [2.75, 3.05) is 39.4 Å². The van der Waals surface area contributed by atoms with Crippen LogP contribution in [0.1, 0.15) is 12.8 Å².